The van der Waals surface area contributed by atoms with Crippen LogP contribution in [-0.2, 0) is 16.4 Å². The zero-order valence-electron chi connectivity index (χ0n) is 10.9. The maximum Gasteiger partial charge on any atom is 0.251 e. The first-order valence-corrected chi connectivity index (χ1v) is 9.46. The Labute approximate surface area is 140 Å². The number of carbonyl (C=O) groups is 1. The molecule has 8 heteroatoms. The summed E-state index contributed by atoms with van der Waals surface area (Å²) in [5.74, 6) is -0.142. The Hall–Kier alpha value is -0.970. The zero-order valence-corrected chi connectivity index (χ0v) is 14.7. The van der Waals surface area contributed by atoms with E-state index in [4.69, 9.17) is 5.14 Å². The van der Waals surface area contributed by atoms with E-state index in [1.165, 1.54) is 6.07 Å². The fraction of sp³-hybridized carbons (Fsp3) is 0.154. The number of thiophene rings is 1. The molecule has 1 aromatic heterocycles. The topological polar surface area (TPSA) is 89.3 Å². The van der Waals surface area contributed by atoms with Gasteiger partial charge in [-0.25, -0.2) is 13.6 Å². The minimum Gasteiger partial charge on any atom is -0.352 e. The molecule has 0 aliphatic carbocycles. The van der Waals surface area contributed by atoms with Gasteiger partial charge in [-0.2, -0.15) is 0 Å². The van der Waals surface area contributed by atoms with Gasteiger partial charge in [-0.15, -0.1) is 11.3 Å². The molecule has 1 heterocycles. The summed E-state index contributed by atoms with van der Waals surface area (Å²) in [5, 5.41) is 7.86. The Kier molecular flexibility index (Phi) is 5.36. The van der Waals surface area contributed by atoms with Gasteiger partial charge >= 0.3 is 0 Å². The minimum atomic E-state index is -3.64. The van der Waals surface area contributed by atoms with Gasteiger partial charge in [-0.1, -0.05) is 6.07 Å². The van der Waals surface area contributed by atoms with Crippen molar-refractivity contribution in [3.8, 4) is 0 Å². The van der Waals surface area contributed by atoms with Crippen LogP contribution >= 0.6 is 33.9 Å². The molecule has 0 aliphatic rings. The zero-order chi connectivity index (χ0) is 15.5. The van der Waals surface area contributed by atoms with Gasteiger partial charge in [0.15, 0.2) is 0 Å². The first-order chi connectivity index (χ1) is 9.86. The van der Waals surface area contributed by atoms with Crippen LogP contribution in [0.1, 0.15) is 15.2 Å². The number of nitrogens with one attached hydrogen (secondary N) is 1. The number of sulfonamides is 1. The second-order valence-electron chi connectivity index (χ2n) is 4.28. The van der Waals surface area contributed by atoms with Crippen LogP contribution in [0.4, 0.5) is 0 Å². The maximum atomic E-state index is 11.9. The summed E-state index contributed by atoms with van der Waals surface area (Å²) in [6.45, 7) is 0.439. The van der Waals surface area contributed by atoms with E-state index in [1.54, 1.807) is 18.2 Å². The molecule has 0 saturated carbocycles. The molecule has 112 valence electrons. The molecule has 0 unspecified atom stereocenters. The fourth-order valence-electron chi connectivity index (χ4n) is 1.68. The van der Waals surface area contributed by atoms with Crippen LogP contribution in [0.25, 0.3) is 0 Å². The largest absolute Gasteiger partial charge is 0.352 e. The highest BCUT2D eigenvalue weighted by Gasteiger charge is 2.11. The van der Waals surface area contributed by atoms with E-state index in [9.17, 15) is 13.2 Å². The van der Waals surface area contributed by atoms with Crippen molar-refractivity contribution in [1.82, 2.24) is 5.32 Å². The molecule has 0 atom stereocenters. The predicted molar refractivity (Wildman–Crippen MR) is 90.9 cm³/mol. The van der Waals surface area contributed by atoms with Gasteiger partial charge in [0.1, 0.15) is 4.21 Å². The Morgan fingerprint density at radius 2 is 2.05 bits per heavy atom. The number of hydrogen-bond donors (Lipinski definition) is 2. The van der Waals surface area contributed by atoms with Gasteiger partial charge in [0.2, 0.25) is 10.0 Å². The van der Waals surface area contributed by atoms with E-state index in [2.05, 4.69) is 27.9 Å². The summed E-state index contributed by atoms with van der Waals surface area (Å²) < 4.78 is 23.5. The van der Waals surface area contributed by atoms with Crippen LogP contribution in [0.5, 0.6) is 0 Å². The van der Waals surface area contributed by atoms with Gasteiger partial charge in [0.05, 0.1) is 0 Å². The van der Waals surface area contributed by atoms with Crippen molar-refractivity contribution in [3.05, 3.63) is 50.4 Å². The molecule has 0 saturated heterocycles. The molecular formula is C13H13IN2O3S2. The van der Waals surface area contributed by atoms with E-state index in [0.29, 0.717) is 18.5 Å². The number of benzene rings is 1. The predicted octanol–water partition coefficient (Wildman–Crippen LogP) is 1.97. The molecule has 1 amide bonds. The molecule has 21 heavy (non-hydrogen) atoms. The van der Waals surface area contributed by atoms with Gasteiger partial charge < -0.3 is 5.32 Å². The lowest BCUT2D eigenvalue weighted by Gasteiger charge is -2.04. The standard InChI is InChI=1S/C13H13IN2O3S2/c14-10-3-1-2-9(8-10)13(17)16-7-6-11-4-5-12(20-11)21(15,18)19/h1-5,8H,6-7H2,(H,16,17)(H2,15,18,19). The highest BCUT2D eigenvalue weighted by atomic mass is 127. The van der Waals surface area contributed by atoms with Crippen LogP contribution in [0.2, 0.25) is 0 Å². The summed E-state index contributed by atoms with van der Waals surface area (Å²) in [7, 11) is -3.64. The lowest BCUT2D eigenvalue weighted by atomic mass is 10.2. The Bertz CT molecular complexity index is 756. The van der Waals surface area contributed by atoms with Crippen molar-refractivity contribution in [2.45, 2.75) is 10.6 Å². The number of primary sulfonamides is 1. The van der Waals surface area contributed by atoms with Gasteiger partial charge in [-0.05, 0) is 59.3 Å². The molecular weight excluding hydrogens is 423 g/mol. The third kappa shape index (κ3) is 4.77. The first kappa shape index (κ1) is 16.4. The number of nitrogens with two attached hydrogens (primary N) is 1. The average Bonchev–Trinajstić information content (AvgIpc) is 2.87. The van der Waals surface area contributed by atoms with E-state index in [1.807, 2.05) is 12.1 Å². The molecule has 3 N–H and O–H groups in total. The number of hydrogen-bond acceptors (Lipinski definition) is 4. The van der Waals surface area contributed by atoms with E-state index < -0.39 is 10.0 Å². The third-order valence-corrected chi connectivity index (χ3v) is 5.92. The second kappa shape index (κ2) is 6.86. The summed E-state index contributed by atoms with van der Waals surface area (Å²) in [5.41, 5.74) is 0.610. The highest BCUT2D eigenvalue weighted by molar-refractivity contribution is 14.1. The fourth-order valence-corrected chi connectivity index (χ4v) is 4.00. The molecule has 0 spiro atoms. The van der Waals surface area contributed by atoms with Crippen LogP contribution in [0, 0.1) is 3.57 Å². The van der Waals surface area contributed by atoms with Crippen molar-refractivity contribution < 1.29 is 13.2 Å². The molecule has 0 radical (unpaired) electrons. The quantitative estimate of drug-likeness (QED) is 0.703. The summed E-state index contributed by atoms with van der Waals surface area (Å²) in [6, 6.07) is 10.5. The Balaban J connectivity index is 1.90. The molecule has 0 aliphatic heterocycles. The second-order valence-corrected chi connectivity index (χ2v) is 8.48. The maximum absolute atomic E-state index is 11.9. The molecule has 5 nitrogen and oxygen atoms in total. The molecule has 2 rings (SSSR count). The van der Waals surface area contributed by atoms with Gasteiger partial charge in [-0.3, -0.25) is 4.79 Å². The summed E-state index contributed by atoms with van der Waals surface area (Å²) in [6.07, 6.45) is 0.565. The summed E-state index contributed by atoms with van der Waals surface area (Å²) in [4.78, 5) is 12.8. The molecule has 0 bridgehead atoms. The number of amides is 1. The molecule has 1 aromatic carbocycles. The van der Waals surface area contributed by atoms with Crippen molar-refractivity contribution in [2.75, 3.05) is 6.54 Å². The molecule has 2 aromatic rings. The lowest BCUT2D eigenvalue weighted by Crippen LogP contribution is -2.25. The van der Waals surface area contributed by atoms with Gasteiger partial charge in [0, 0.05) is 20.6 Å². The van der Waals surface area contributed by atoms with Crippen molar-refractivity contribution in [2.24, 2.45) is 5.14 Å². The third-order valence-electron chi connectivity index (χ3n) is 2.66. The Morgan fingerprint density at radius 1 is 1.29 bits per heavy atom. The SMILES string of the molecule is NS(=O)(=O)c1ccc(CCNC(=O)c2cccc(I)c2)s1. The minimum absolute atomic E-state index is 0.140. The van der Waals surface area contributed by atoms with Crippen LogP contribution in [-0.4, -0.2) is 20.9 Å². The Morgan fingerprint density at radius 3 is 2.67 bits per heavy atom. The van der Waals surface area contributed by atoms with Crippen molar-refractivity contribution >= 4 is 49.9 Å². The number of carbonyl (C=O) groups excluding carboxylic acids is 1. The first-order valence-electron chi connectivity index (χ1n) is 6.01. The highest BCUT2D eigenvalue weighted by Crippen LogP contribution is 2.20. The normalized spacial score (nSPS) is 11.3. The van der Waals surface area contributed by atoms with E-state index in [0.717, 1.165) is 19.8 Å². The van der Waals surface area contributed by atoms with Crippen LogP contribution in [0.3, 0.4) is 0 Å². The summed E-state index contributed by atoms with van der Waals surface area (Å²) >= 11 is 3.27. The van der Waals surface area contributed by atoms with Gasteiger partial charge in [0.25, 0.3) is 5.91 Å². The monoisotopic (exact) mass is 436 g/mol. The van der Waals surface area contributed by atoms with E-state index >= 15 is 0 Å². The molecule has 0 fully saturated rings. The lowest BCUT2D eigenvalue weighted by molar-refractivity contribution is 0.0954. The number of halogens is 1. The van der Waals surface area contributed by atoms with E-state index in [-0.39, 0.29) is 10.1 Å². The van der Waals surface area contributed by atoms with Crippen molar-refractivity contribution in [1.29, 1.82) is 0 Å². The van der Waals surface area contributed by atoms with Crippen LogP contribution < -0.4 is 10.5 Å². The van der Waals surface area contributed by atoms with Crippen LogP contribution in [0.15, 0.2) is 40.6 Å². The number of rotatable bonds is 5. The average molecular weight is 436 g/mol. The van der Waals surface area contributed by atoms with Crippen molar-refractivity contribution in [3.63, 3.8) is 0 Å². The smallest absolute Gasteiger partial charge is 0.251 e.